The number of aromatic amines is 1. The first-order valence-corrected chi connectivity index (χ1v) is 7.74. The Morgan fingerprint density at radius 3 is 2.44 bits per heavy atom. The van der Waals surface area contributed by atoms with Gasteiger partial charge in [0.05, 0.1) is 11.0 Å². The van der Waals surface area contributed by atoms with E-state index < -0.39 is 0 Å². The largest absolute Gasteiger partial charge is 0.338 e. The number of imidazole rings is 1. The van der Waals surface area contributed by atoms with Gasteiger partial charge in [-0.2, -0.15) is 0 Å². The number of aromatic nitrogens is 3. The first-order valence-electron chi connectivity index (χ1n) is 7.74. The van der Waals surface area contributed by atoms with E-state index in [1.165, 1.54) is 11.1 Å². The molecule has 0 aliphatic rings. The monoisotopic (exact) mass is 371 g/mol. The third kappa shape index (κ3) is 4.01. The summed E-state index contributed by atoms with van der Waals surface area (Å²) in [6, 6.07) is 20.9. The van der Waals surface area contributed by atoms with Gasteiger partial charge in [0, 0.05) is 17.5 Å². The Morgan fingerprint density at radius 1 is 0.880 bits per heavy atom. The molecule has 0 aliphatic carbocycles. The van der Waals surface area contributed by atoms with E-state index in [1.54, 1.807) is 6.20 Å². The fourth-order valence-corrected chi connectivity index (χ4v) is 2.86. The molecule has 0 unspecified atom stereocenters. The molecule has 5 heteroatoms. The molecule has 0 amide bonds. The van der Waals surface area contributed by atoms with Gasteiger partial charge in [-0.05, 0) is 48.7 Å². The van der Waals surface area contributed by atoms with Crippen LogP contribution in [0.25, 0.3) is 22.4 Å². The summed E-state index contributed by atoms with van der Waals surface area (Å²) in [7, 11) is 0. The topological polar surface area (TPSA) is 41.6 Å². The number of H-pyrrole nitrogens is 1. The summed E-state index contributed by atoms with van der Waals surface area (Å²) in [5.74, 6) is 0.877. The van der Waals surface area contributed by atoms with E-state index >= 15 is 0 Å². The fourth-order valence-electron chi connectivity index (χ4n) is 2.86. The van der Waals surface area contributed by atoms with Gasteiger partial charge >= 0.3 is 0 Å². The van der Waals surface area contributed by atoms with Crippen molar-refractivity contribution >= 4 is 35.8 Å². The third-order valence-corrected chi connectivity index (χ3v) is 4.06. The Bertz CT molecular complexity index is 965. The van der Waals surface area contributed by atoms with Crippen LogP contribution in [0.5, 0.6) is 0 Å². The van der Waals surface area contributed by atoms with Crippen molar-refractivity contribution in [3.8, 4) is 11.4 Å². The van der Waals surface area contributed by atoms with Crippen molar-refractivity contribution < 1.29 is 0 Å². The number of fused-ring (bicyclic) bond motifs is 1. The molecule has 0 saturated carbocycles. The van der Waals surface area contributed by atoms with Gasteiger partial charge in [0.1, 0.15) is 5.82 Å². The molecular weight excluding hydrogens is 353 g/mol. The zero-order chi connectivity index (χ0) is 15.6. The second kappa shape index (κ2) is 8.15. The van der Waals surface area contributed by atoms with Gasteiger partial charge in [0.25, 0.3) is 0 Å². The van der Waals surface area contributed by atoms with Crippen molar-refractivity contribution in [1.82, 2.24) is 15.0 Å². The van der Waals surface area contributed by atoms with E-state index in [9.17, 15) is 0 Å². The molecule has 4 rings (SSSR count). The maximum atomic E-state index is 4.70. The highest BCUT2D eigenvalue weighted by Gasteiger charge is 2.08. The number of nitrogens with zero attached hydrogens (tertiary/aromatic N) is 2. The number of benzene rings is 2. The lowest BCUT2D eigenvalue weighted by Gasteiger charge is -2.01. The second-order valence-electron chi connectivity index (χ2n) is 5.74. The van der Waals surface area contributed by atoms with Gasteiger partial charge in [0.15, 0.2) is 0 Å². The Labute approximate surface area is 159 Å². The molecule has 4 aromatic rings. The number of nitrogens with one attached hydrogen (secondary N) is 1. The van der Waals surface area contributed by atoms with E-state index in [1.807, 2.05) is 25.1 Å². The van der Waals surface area contributed by atoms with Crippen LogP contribution in [0.4, 0.5) is 0 Å². The lowest BCUT2D eigenvalue weighted by Crippen LogP contribution is -1.87. The number of aryl methyl sites for hydroxylation is 1. The fraction of sp³-hybridized carbons (Fsp3) is 0.100. The van der Waals surface area contributed by atoms with Gasteiger partial charge in [-0.3, -0.25) is 4.98 Å². The van der Waals surface area contributed by atoms with E-state index in [0.717, 1.165) is 34.5 Å². The minimum absolute atomic E-state index is 0. The van der Waals surface area contributed by atoms with E-state index in [-0.39, 0.29) is 24.8 Å². The summed E-state index contributed by atoms with van der Waals surface area (Å²) >= 11 is 0. The molecule has 0 atom stereocenters. The van der Waals surface area contributed by atoms with Gasteiger partial charge < -0.3 is 4.98 Å². The molecule has 0 spiro atoms. The average molecular weight is 372 g/mol. The maximum absolute atomic E-state index is 4.70. The summed E-state index contributed by atoms with van der Waals surface area (Å²) in [4.78, 5) is 12.5. The quantitative estimate of drug-likeness (QED) is 0.525. The van der Waals surface area contributed by atoms with Gasteiger partial charge in [-0.25, -0.2) is 4.98 Å². The molecule has 2 heterocycles. The Morgan fingerprint density at radius 2 is 1.68 bits per heavy atom. The highest BCUT2D eigenvalue weighted by atomic mass is 35.5. The molecule has 2 aromatic heterocycles. The lowest BCUT2D eigenvalue weighted by molar-refractivity contribution is 1.18. The Kier molecular flexibility index (Phi) is 6.18. The molecule has 0 radical (unpaired) electrons. The molecular formula is C20H19Cl2N3. The smallest absolute Gasteiger partial charge is 0.140 e. The molecule has 128 valence electrons. The Balaban J connectivity index is 0.00000113. The summed E-state index contributed by atoms with van der Waals surface area (Å²) in [6.45, 7) is 2.00. The molecule has 0 bridgehead atoms. The number of hydrogen-bond acceptors (Lipinski definition) is 2. The molecule has 3 nitrogen and oxygen atoms in total. The van der Waals surface area contributed by atoms with Crippen LogP contribution in [0.3, 0.4) is 0 Å². The molecule has 0 aliphatic heterocycles. The maximum Gasteiger partial charge on any atom is 0.140 e. The first kappa shape index (κ1) is 19.0. The van der Waals surface area contributed by atoms with Crippen molar-refractivity contribution in [3.63, 3.8) is 0 Å². The molecule has 0 fully saturated rings. The highest BCUT2D eigenvalue weighted by Crippen LogP contribution is 2.23. The normalized spacial score (nSPS) is 10.1. The van der Waals surface area contributed by atoms with Crippen LogP contribution in [0.1, 0.15) is 16.8 Å². The second-order valence-corrected chi connectivity index (χ2v) is 5.74. The van der Waals surface area contributed by atoms with Crippen LogP contribution >= 0.6 is 24.8 Å². The van der Waals surface area contributed by atoms with Crippen molar-refractivity contribution in [3.05, 3.63) is 83.7 Å². The van der Waals surface area contributed by atoms with Crippen LogP contribution < -0.4 is 0 Å². The van der Waals surface area contributed by atoms with Crippen molar-refractivity contribution in [2.75, 3.05) is 0 Å². The number of halogens is 2. The average Bonchev–Trinajstić information content (AvgIpc) is 2.99. The zero-order valence-electron chi connectivity index (χ0n) is 13.8. The van der Waals surface area contributed by atoms with Crippen LogP contribution in [-0.2, 0) is 6.42 Å². The van der Waals surface area contributed by atoms with E-state index in [4.69, 9.17) is 4.98 Å². The van der Waals surface area contributed by atoms with Crippen LogP contribution in [0, 0.1) is 6.92 Å². The van der Waals surface area contributed by atoms with Crippen molar-refractivity contribution in [2.24, 2.45) is 0 Å². The van der Waals surface area contributed by atoms with Crippen LogP contribution in [0.2, 0.25) is 0 Å². The third-order valence-electron chi connectivity index (χ3n) is 4.06. The minimum Gasteiger partial charge on any atom is -0.338 e. The number of pyridine rings is 1. The zero-order valence-corrected chi connectivity index (χ0v) is 15.4. The van der Waals surface area contributed by atoms with E-state index in [0.29, 0.717) is 0 Å². The molecule has 25 heavy (non-hydrogen) atoms. The van der Waals surface area contributed by atoms with Gasteiger partial charge in [-0.15, -0.1) is 24.8 Å². The predicted molar refractivity (Wildman–Crippen MR) is 108 cm³/mol. The summed E-state index contributed by atoms with van der Waals surface area (Å²) < 4.78 is 0. The van der Waals surface area contributed by atoms with Crippen LogP contribution in [0.15, 0.2) is 66.9 Å². The predicted octanol–water partition coefficient (Wildman–Crippen LogP) is 5.37. The Hall–Kier alpha value is -2.36. The van der Waals surface area contributed by atoms with Crippen LogP contribution in [-0.4, -0.2) is 15.0 Å². The van der Waals surface area contributed by atoms with E-state index in [2.05, 4.69) is 52.4 Å². The number of rotatable bonds is 3. The molecule has 1 N–H and O–H groups in total. The summed E-state index contributed by atoms with van der Waals surface area (Å²) in [5, 5.41) is 0. The minimum atomic E-state index is 0. The summed E-state index contributed by atoms with van der Waals surface area (Å²) in [5.41, 5.74) is 6.68. The van der Waals surface area contributed by atoms with Crippen molar-refractivity contribution in [1.29, 1.82) is 0 Å². The number of hydrogen-bond donors (Lipinski definition) is 1. The standard InChI is InChI=1S/C20H17N3.2ClH/c1-14-17(8-5-11-21-14)20-22-18-10-9-16(13-19(18)23-20)12-15-6-3-2-4-7-15;;/h2-11,13H,12H2,1H3,(H,22,23);2*1H. The summed E-state index contributed by atoms with van der Waals surface area (Å²) in [6.07, 6.45) is 2.73. The lowest BCUT2D eigenvalue weighted by atomic mass is 10.0. The first-order chi connectivity index (χ1) is 11.3. The highest BCUT2D eigenvalue weighted by molar-refractivity contribution is 5.85. The van der Waals surface area contributed by atoms with Crippen molar-refractivity contribution in [2.45, 2.75) is 13.3 Å². The van der Waals surface area contributed by atoms with Gasteiger partial charge in [-0.1, -0.05) is 36.4 Å². The molecule has 2 aromatic carbocycles. The van der Waals surface area contributed by atoms with Gasteiger partial charge in [0.2, 0.25) is 0 Å². The SMILES string of the molecule is Cc1ncccc1-c1nc2ccc(Cc3ccccc3)cc2[nH]1.Cl.Cl. The molecule has 0 saturated heterocycles.